The summed E-state index contributed by atoms with van der Waals surface area (Å²) in [7, 11) is 0. The summed E-state index contributed by atoms with van der Waals surface area (Å²) in [6.07, 6.45) is 7.21. The molecular formula is C23H34O5. The van der Waals surface area contributed by atoms with E-state index in [0.717, 1.165) is 38.5 Å². The van der Waals surface area contributed by atoms with Crippen molar-refractivity contribution < 1.29 is 24.5 Å². The third-order valence-electron chi connectivity index (χ3n) is 9.15. The van der Waals surface area contributed by atoms with E-state index in [1.54, 1.807) is 0 Å². The highest BCUT2D eigenvalue weighted by Crippen LogP contribution is 2.67. The van der Waals surface area contributed by atoms with Crippen molar-refractivity contribution in [3.8, 4) is 0 Å². The number of hydrogen-bond donors (Lipinski definition) is 2. The number of Topliss-reactive ketones (excluding diaryl/α,β-unsaturated/α-hetero) is 1. The van der Waals surface area contributed by atoms with Gasteiger partial charge in [-0.15, -0.1) is 0 Å². The second-order valence-corrected chi connectivity index (χ2v) is 10.3. The summed E-state index contributed by atoms with van der Waals surface area (Å²) in [5, 5.41) is 21.9. The van der Waals surface area contributed by atoms with Gasteiger partial charge in [-0.25, -0.2) is 0 Å². The first-order valence-corrected chi connectivity index (χ1v) is 10.8. The van der Waals surface area contributed by atoms with Gasteiger partial charge in [-0.1, -0.05) is 25.5 Å². The highest BCUT2D eigenvalue weighted by atomic mass is 16.5. The van der Waals surface area contributed by atoms with Crippen molar-refractivity contribution in [3.05, 3.63) is 11.6 Å². The fourth-order valence-electron chi connectivity index (χ4n) is 7.62. The molecule has 0 radical (unpaired) electrons. The lowest BCUT2D eigenvalue weighted by atomic mass is 9.46. The zero-order valence-corrected chi connectivity index (χ0v) is 17.5. The van der Waals surface area contributed by atoms with Crippen molar-refractivity contribution in [1.29, 1.82) is 0 Å². The quantitative estimate of drug-likeness (QED) is 0.559. The molecule has 0 heterocycles. The maximum absolute atomic E-state index is 12.4. The van der Waals surface area contributed by atoms with Gasteiger partial charge in [0.1, 0.15) is 6.10 Å². The topological polar surface area (TPSA) is 83.8 Å². The van der Waals surface area contributed by atoms with E-state index >= 15 is 0 Å². The number of rotatable bonds is 2. The minimum absolute atomic E-state index is 0.0154. The Morgan fingerprint density at radius 2 is 1.86 bits per heavy atom. The van der Waals surface area contributed by atoms with Gasteiger partial charge in [-0.3, -0.25) is 9.59 Å². The molecule has 0 saturated heterocycles. The number of ether oxygens (including phenoxy) is 1. The first kappa shape index (κ1) is 20.1. The van der Waals surface area contributed by atoms with Crippen LogP contribution in [0, 0.1) is 28.6 Å². The summed E-state index contributed by atoms with van der Waals surface area (Å²) < 4.78 is 5.49. The van der Waals surface area contributed by atoms with E-state index in [0.29, 0.717) is 18.3 Å². The Morgan fingerprint density at radius 1 is 1.14 bits per heavy atom. The maximum Gasteiger partial charge on any atom is 0.302 e. The van der Waals surface area contributed by atoms with E-state index in [1.807, 2.05) is 6.92 Å². The lowest BCUT2D eigenvalue weighted by Crippen LogP contribution is -2.59. The Kier molecular flexibility index (Phi) is 4.59. The van der Waals surface area contributed by atoms with Gasteiger partial charge >= 0.3 is 5.97 Å². The first-order valence-electron chi connectivity index (χ1n) is 10.8. The van der Waals surface area contributed by atoms with Crippen LogP contribution in [-0.2, 0) is 14.3 Å². The summed E-state index contributed by atoms with van der Waals surface area (Å²) in [6, 6.07) is 0. The normalized spacial score (nSPS) is 50.1. The number of esters is 1. The van der Waals surface area contributed by atoms with Crippen LogP contribution >= 0.6 is 0 Å². The van der Waals surface area contributed by atoms with Crippen LogP contribution in [0.3, 0.4) is 0 Å². The molecule has 4 aliphatic carbocycles. The van der Waals surface area contributed by atoms with Gasteiger partial charge in [0.05, 0.1) is 6.10 Å². The number of aliphatic hydroxyl groups is 2. The highest BCUT2D eigenvalue weighted by Gasteiger charge is 2.68. The van der Waals surface area contributed by atoms with E-state index in [2.05, 4.69) is 13.0 Å². The molecule has 0 amide bonds. The zero-order valence-electron chi connectivity index (χ0n) is 17.5. The Morgan fingerprint density at radius 3 is 2.50 bits per heavy atom. The van der Waals surface area contributed by atoms with Crippen LogP contribution in [0.5, 0.6) is 0 Å². The Hall–Kier alpha value is -1.20. The summed E-state index contributed by atoms with van der Waals surface area (Å²) in [6.45, 7) is 7.26. The number of carbonyl (C=O) groups is 2. The molecule has 8 atom stereocenters. The molecule has 2 N–H and O–H groups in total. The van der Waals surface area contributed by atoms with Gasteiger partial charge in [0.25, 0.3) is 0 Å². The average molecular weight is 391 g/mol. The van der Waals surface area contributed by atoms with Crippen LogP contribution < -0.4 is 0 Å². The predicted molar refractivity (Wildman–Crippen MR) is 104 cm³/mol. The molecule has 0 aromatic carbocycles. The molecule has 3 fully saturated rings. The van der Waals surface area contributed by atoms with E-state index < -0.39 is 17.1 Å². The first-order chi connectivity index (χ1) is 13.0. The minimum atomic E-state index is -1.62. The molecule has 0 aromatic rings. The lowest BCUT2D eigenvalue weighted by Gasteiger charge is -2.58. The fraction of sp³-hybridized carbons (Fsp3) is 0.826. The van der Waals surface area contributed by atoms with Crippen LogP contribution in [-0.4, -0.2) is 39.8 Å². The van der Waals surface area contributed by atoms with Crippen molar-refractivity contribution in [2.24, 2.45) is 28.6 Å². The predicted octanol–water partition coefficient (Wildman–Crippen LogP) is 3.17. The van der Waals surface area contributed by atoms with Gasteiger partial charge in [0.15, 0.2) is 11.4 Å². The van der Waals surface area contributed by atoms with Crippen LogP contribution in [0.2, 0.25) is 0 Å². The molecule has 3 saturated carbocycles. The number of aliphatic hydroxyl groups excluding tert-OH is 1. The van der Waals surface area contributed by atoms with Gasteiger partial charge in [-0.05, 0) is 68.6 Å². The molecule has 4 rings (SSSR count). The molecule has 0 unspecified atom stereocenters. The Bertz CT molecular complexity index is 729. The van der Waals surface area contributed by atoms with Crippen LogP contribution in [0.15, 0.2) is 11.6 Å². The molecule has 156 valence electrons. The van der Waals surface area contributed by atoms with Crippen molar-refractivity contribution in [3.63, 3.8) is 0 Å². The van der Waals surface area contributed by atoms with Crippen LogP contribution in [0.1, 0.15) is 72.6 Å². The van der Waals surface area contributed by atoms with E-state index in [4.69, 9.17) is 4.74 Å². The molecule has 4 aliphatic rings. The monoisotopic (exact) mass is 390 g/mol. The Balaban J connectivity index is 1.64. The molecule has 0 aromatic heterocycles. The largest absolute Gasteiger partial charge is 0.462 e. The average Bonchev–Trinajstić information content (AvgIpc) is 2.83. The summed E-state index contributed by atoms with van der Waals surface area (Å²) in [5.74, 6) is 0.505. The summed E-state index contributed by atoms with van der Waals surface area (Å²) in [4.78, 5) is 23.7. The van der Waals surface area contributed by atoms with Crippen LogP contribution in [0.4, 0.5) is 0 Å². The standard InChI is InChI=1S/C23H34O5/c1-13(24)23(27)20(26)12-19-17-6-5-15-11-16(28-14(2)25)7-9-21(15,3)18(17)8-10-22(19,23)4/h5,16-20,26-27H,6-12H2,1-4H3/t16-,17+,18-,19-,20+,21-,22-,23+/m0/s1. The number of fused-ring (bicyclic) bond motifs is 5. The minimum Gasteiger partial charge on any atom is -0.462 e. The number of hydrogen-bond acceptors (Lipinski definition) is 5. The molecule has 28 heavy (non-hydrogen) atoms. The van der Waals surface area contributed by atoms with Crippen molar-refractivity contribution in [2.45, 2.75) is 90.4 Å². The maximum atomic E-state index is 12.4. The van der Waals surface area contributed by atoms with Crippen molar-refractivity contribution in [2.75, 3.05) is 0 Å². The van der Waals surface area contributed by atoms with Crippen molar-refractivity contribution in [1.82, 2.24) is 0 Å². The lowest BCUT2D eigenvalue weighted by molar-refractivity contribution is -0.173. The summed E-state index contributed by atoms with van der Waals surface area (Å²) in [5.41, 5.74) is -0.686. The van der Waals surface area contributed by atoms with E-state index in [-0.39, 0.29) is 29.2 Å². The third-order valence-corrected chi connectivity index (χ3v) is 9.15. The molecule has 0 spiro atoms. The molecule has 0 bridgehead atoms. The second-order valence-electron chi connectivity index (χ2n) is 10.3. The van der Waals surface area contributed by atoms with Gasteiger partial charge in [0, 0.05) is 18.8 Å². The third kappa shape index (κ3) is 2.51. The molecule has 0 aliphatic heterocycles. The Labute approximate surface area is 167 Å². The fourth-order valence-corrected chi connectivity index (χ4v) is 7.62. The van der Waals surface area contributed by atoms with Crippen molar-refractivity contribution >= 4 is 11.8 Å². The van der Waals surface area contributed by atoms with E-state index in [1.165, 1.54) is 19.4 Å². The van der Waals surface area contributed by atoms with E-state index in [9.17, 15) is 19.8 Å². The highest BCUT2D eigenvalue weighted by molar-refractivity contribution is 5.87. The summed E-state index contributed by atoms with van der Waals surface area (Å²) >= 11 is 0. The zero-order chi connectivity index (χ0) is 20.5. The smallest absolute Gasteiger partial charge is 0.302 e. The second kappa shape index (κ2) is 6.40. The van der Waals surface area contributed by atoms with Gasteiger partial charge < -0.3 is 14.9 Å². The van der Waals surface area contributed by atoms with Crippen LogP contribution in [0.25, 0.3) is 0 Å². The number of allylic oxidation sites excluding steroid dienone is 1. The van der Waals surface area contributed by atoms with Gasteiger partial charge in [-0.2, -0.15) is 0 Å². The molecule has 5 nitrogen and oxygen atoms in total. The SMILES string of the molecule is CC(=O)O[C@H]1CC[C@@]2(C)C(=CC[C@@H]3[C@@H]2CC[C@@]2(C)[C@H]3C[C@@H](O)[C@]2(O)C(C)=O)C1. The molecule has 5 heteroatoms. The van der Waals surface area contributed by atoms with Gasteiger partial charge in [0.2, 0.25) is 0 Å². The molecular weight excluding hydrogens is 356 g/mol. The number of ketones is 1. The number of carbonyl (C=O) groups excluding carboxylic acids is 2.